The van der Waals surface area contributed by atoms with Crippen LogP contribution in [0.1, 0.15) is 15.9 Å². The number of nitrogens with two attached hydrogens (primary N) is 1. The van der Waals surface area contributed by atoms with Crippen LogP contribution in [-0.4, -0.2) is 27.5 Å². The van der Waals surface area contributed by atoms with Crippen molar-refractivity contribution in [3.8, 4) is 0 Å². The molecule has 0 aliphatic carbocycles. The van der Waals surface area contributed by atoms with Crippen LogP contribution in [-0.2, 0) is 20.5 Å². The van der Waals surface area contributed by atoms with Crippen molar-refractivity contribution >= 4 is 22.0 Å². The lowest BCUT2D eigenvalue weighted by atomic mass is 10.1. The first kappa shape index (κ1) is 14.0. The number of primary amides is 1. The largest absolute Gasteiger partial charge is 0.465 e. The first-order chi connectivity index (χ1) is 8.35. The number of hydrogen-bond donors (Lipinski definition) is 2. The third-order valence-corrected chi connectivity index (χ3v) is 3.23. The van der Waals surface area contributed by atoms with E-state index in [0.717, 1.165) is 0 Å². The quantitative estimate of drug-likeness (QED) is 0.747. The number of nitrogens with one attached hydrogen (secondary N) is 1. The zero-order chi connectivity index (χ0) is 13.8. The zero-order valence-electron chi connectivity index (χ0n) is 9.54. The Labute approximate surface area is 104 Å². The van der Waals surface area contributed by atoms with Gasteiger partial charge in [0.25, 0.3) is 0 Å². The molecular formula is C10H12N2O5S. The van der Waals surface area contributed by atoms with Gasteiger partial charge in [0.15, 0.2) is 0 Å². The average molecular weight is 272 g/mol. The fourth-order valence-corrected chi connectivity index (χ4v) is 2.39. The molecule has 1 aromatic carbocycles. The van der Waals surface area contributed by atoms with E-state index in [1.807, 2.05) is 0 Å². The Hall–Kier alpha value is -2.09. The molecule has 8 heteroatoms. The maximum Gasteiger partial charge on any atom is 0.338 e. The second-order valence-electron chi connectivity index (χ2n) is 3.37. The fourth-order valence-electron chi connectivity index (χ4n) is 1.35. The predicted molar refractivity (Wildman–Crippen MR) is 63.1 cm³/mol. The highest BCUT2D eigenvalue weighted by atomic mass is 32.2. The van der Waals surface area contributed by atoms with Gasteiger partial charge in [-0.05, 0) is 11.6 Å². The van der Waals surface area contributed by atoms with Crippen molar-refractivity contribution in [2.75, 3.05) is 7.11 Å². The predicted octanol–water partition coefficient (Wildman–Crippen LogP) is -0.0287. The summed E-state index contributed by atoms with van der Waals surface area (Å²) in [6, 6.07) is 4.85. The number of methoxy groups -OCH3 is 1. The molecular weight excluding hydrogens is 260 g/mol. The number of amides is 2. The summed E-state index contributed by atoms with van der Waals surface area (Å²) in [6.07, 6.45) is 0. The van der Waals surface area contributed by atoms with E-state index in [-0.39, 0.29) is 11.1 Å². The van der Waals surface area contributed by atoms with Crippen LogP contribution < -0.4 is 10.5 Å². The lowest BCUT2D eigenvalue weighted by molar-refractivity contribution is 0.0600. The van der Waals surface area contributed by atoms with E-state index in [1.54, 1.807) is 16.9 Å². The van der Waals surface area contributed by atoms with Gasteiger partial charge in [0.1, 0.15) is 0 Å². The smallest absolute Gasteiger partial charge is 0.338 e. The second-order valence-corrected chi connectivity index (χ2v) is 5.10. The van der Waals surface area contributed by atoms with Gasteiger partial charge in [-0.1, -0.05) is 18.2 Å². The van der Waals surface area contributed by atoms with Gasteiger partial charge in [0.05, 0.1) is 18.4 Å². The van der Waals surface area contributed by atoms with Crippen LogP contribution in [0.2, 0.25) is 0 Å². The van der Waals surface area contributed by atoms with Crippen LogP contribution in [0.5, 0.6) is 0 Å². The first-order valence-electron chi connectivity index (χ1n) is 4.82. The molecule has 0 fully saturated rings. The molecule has 0 bridgehead atoms. The number of sulfonamides is 1. The molecule has 0 aliphatic rings. The van der Waals surface area contributed by atoms with E-state index in [1.165, 1.54) is 19.2 Å². The Morgan fingerprint density at radius 2 is 1.94 bits per heavy atom. The minimum Gasteiger partial charge on any atom is -0.465 e. The summed E-state index contributed by atoms with van der Waals surface area (Å²) >= 11 is 0. The molecule has 0 aliphatic heterocycles. The van der Waals surface area contributed by atoms with Gasteiger partial charge >= 0.3 is 12.0 Å². The Morgan fingerprint density at radius 1 is 1.33 bits per heavy atom. The summed E-state index contributed by atoms with van der Waals surface area (Å²) < 4.78 is 29.2. The number of hydrogen-bond acceptors (Lipinski definition) is 5. The summed E-state index contributed by atoms with van der Waals surface area (Å²) in [5, 5.41) is 0. The molecule has 3 N–H and O–H groups in total. The minimum atomic E-state index is -3.93. The van der Waals surface area contributed by atoms with Crippen LogP contribution in [0.3, 0.4) is 0 Å². The number of carbonyl (C=O) groups is 2. The van der Waals surface area contributed by atoms with Crippen molar-refractivity contribution in [2.45, 2.75) is 5.75 Å². The maximum atomic E-state index is 11.5. The number of esters is 1. The van der Waals surface area contributed by atoms with E-state index in [4.69, 9.17) is 5.73 Å². The molecule has 98 valence electrons. The number of rotatable bonds is 4. The van der Waals surface area contributed by atoms with Gasteiger partial charge in [-0.25, -0.2) is 22.7 Å². The van der Waals surface area contributed by atoms with Crippen LogP contribution in [0.4, 0.5) is 4.79 Å². The van der Waals surface area contributed by atoms with E-state index in [0.29, 0.717) is 0 Å². The maximum absolute atomic E-state index is 11.5. The second kappa shape index (κ2) is 5.50. The molecule has 1 aromatic rings. The average Bonchev–Trinajstić information content (AvgIpc) is 2.26. The van der Waals surface area contributed by atoms with Crippen molar-refractivity contribution in [2.24, 2.45) is 5.73 Å². The van der Waals surface area contributed by atoms with Crippen molar-refractivity contribution < 1.29 is 22.7 Å². The lowest BCUT2D eigenvalue weighted by Gasteiger charge is -2.08. The molecule has 0 unspecified atom stereocenters. The van der Waals surface area contributed by atoms with E-state index in [9.17, 15) is 18.0 Å². The van der Waals surface area contributed by atoms with Gasteiger partial charge in [-0.3, -0.25) is 0 Å². The van der Waals surface area contributed by atoms with Gasteiger partial charge in [-0.2, -0.15) is 0 Å². The molecule has 0 saturated carbocycles. The summed E-state index contributed by atoms with van der Waals surface area (Å²) in [5.74, 6) is -1.19. The van der Waals surface area contributed by atoms with E-state index in [2.05, 4.69) is 4.74 Å². The van der Waals surface area contributed by atoms with Gasteiger partial charge in [0.2, 0.25) is 10.0 Å². The SMILES string of the molecule is COC(=O)c1ccccc1CS(=O)(=O)NC(N)=O. The highest BCUT2D eigenvalue weighted by Gasteiger charge is 2.18. The topological polar surface area (TPSA) is 116 Å². The summed E-state index contributed by atoms with van der Waals surface area (Å²) in [4.78, 5) is 21.9. The monoisotopic (exact) mass is 272 g/mol. The fraction of sp³-hybridized carbons (Fsp3) is 0.200. The first-order valence-corrected chi connectivity index (χ1v) is 6.47. The Kier molecular flexibility index (Phi) is 4.27. The third-order valence-electron chi connectivity index (χ3n) is 2.02. The van der Waals surface area contributed by atoms with Crippen molar-refractivity contribution in [3.05, 3.63) is 35.4 Å². The molecule has 0 heterocycles. The van der Waals surface area contributed by atoms with Crippen molar-refractivity contribution in [1.29, 1.82) is 0 Å². The van der Waals surface area contributed by atoms with Gasteiger partial charge in [-0.15, -0.1) is 0 Å². The molecule has 0 saturated heterocycles. The number of urea groups is 1. The van der Waals surface area contributed by atoms with Crippen molar-refractivity contribution in [3.63, 3.8) is 0 Å². The minimum absolute atomic E-state index is 0.120. The number of carbonyl (C=O) groups excluding carboxylic acids is 2. The van der Waals surface area contributed by atoms with E-state index >= 15 is 0 Å². The number of benzene rings is 1. The molecule has 2 amide bonds. The van der Waals surface area contributed by atoms with Crippen molar-refractivity contribution in [1.82, 2.24) is 4.72 Å². The Bertz CT molecular complexity index is 567. The number of ether oxygens (including phenoxy) is 1. The van der Waals surface area contributed by atoms with Gasteiger partial charge in [0, 0.05) is 0 Å². The molecule has 0 aromatic heterocycles. The van der Waals surface area contributed by atoms with Crippen LogP contribution in [0.25, 0.3) is 0 Å². The van der Waals surface area contributed by atoms with Crippen LogP contribution in [0, 0.1) is 0 Å². The molecule has 0 radical (unpaired) electrons. The molecule has 0 atom stereocenters. The Balaban J connectivity index is 3.05. The Morgan fingerprint density at radius 3 is 2.50 bits per heavy atom. The highest BCUT2D eigenvalue weighted by molar-refractivity contribution is 7.89. The summed E-state index contributed by atoms with van der Waals surface area (Å²) in [7, 11) is -2.74. The van der Waals surface area contributed by atoms with Gasteiger partial charge < -0.3 is 10.5 Å². The standard InChI is InChI=1S/C10H12N2O5S/c1-17-9(13)8-5-3-2-4-7(8)6-18(15,16)12-10(11)14/h2-5H,6H2,1H3,(H3,11,12,14). The molecule has 1 rings (SSSR count). The van der Waals surface area contributed by atoms with E-state index < -0.39 is 27.8 Å². The lowest BCUT2D eigenvalue weighted by Crippen LogP contribution is -2.36. The molecule has 18 heavy (non-hydrogen) atoms. The molecule has 7 nitrogen and oxygen atoms in total. The summed E-state index contributed by atoms with van der Waals surface area (Å²) in [5.41, 5.74) is 5.08. The third kappa shape index (κ3) is 3.74. The zero-order valence-corrected chi connectivity index (χ0v) is 10.4. The van der Waals surface area contributed by atoms with Crippen LogP contribution >= 0.6 is 0 Å². The molecule has 0 spiro atoms. The summed E-state index contributed by atoms with van der Waals surface area (Å²) in [6.45, 7) is 0. The normalized spacial score (nSPS) is 10.7. The highest BCUT2D eigenvalue weighted by Crippen LogP contribution is 2.13. The van der Waals surface area contributed by atoms with Crippen LogP contribution in [0.15, 0.2) is 24.3 Å².